The van der Waals surface area contributed by atoms with Crippen molar-refractivity contribution in [3.8, 4) is 0 Å². The number of hydrogen-bond donors (Lipinski definition) is 2. The molecule has 0 aromatic carbocycles. The summed E-state index contributed by atoms with van der Waals surface area (Å²) < 4.78 is 0. The fraction of sp³-hybridized carbons (Fsp3) is 0.455. The van der Waals surface area contributed by atoms with Gasteiger partial charge in [-0.25, -0.2) is 4.79 Å². The molecule has 0 saturated carbocycles. The summed E-state index contributed by atoms with van der Waals surface area (Å²) in [5.74, 6) is -1.50. The lowest BCUT2D eigenvalue weighted by Gasteiger charge is -2.24. The normalized spacial score (nSPS) is 14.1. The standard InChI is InChI=1S/C11H14ClNO3S/c1-4-11(3,10(15)16)13-9(14)8-7(12)6(2)5-17-8/h5H,4H2,1-3H3,(H,13,14)(H,15,16). The first-order valence-corrected chi connectivity index (χ1v) is 6.37. The van der Waals surface area contributed by atoms with Crippen LogP contribution in [0, 0.1) is 6.92 Å². The summed E-state index contributed by atoms with van der Waals surface area (Å²) in [4.78, 5) is 23.3. The highest BCUT2D eigenvalue weighted by atomic mass is 35.5. The molecule has 1 aromatic heterocycles. The predicted octanol–water partition coefficient (Wildman–Crippen LogP) is 2.69. The molecule has 94 valence electrons. The van der Waals surface area contributed by atoms with Gasteiger partial charge in [0.25, 0.3) is 5.91 Å². The molecule has 0 radical (unpaired) electrons. The molecule has 0 aliphatic rings. The van der Waals surface area contributed by atoms with Crippen LogP contribution in [-0.2, 0) is 4.79 Å². The third-order valence-corrected chi connectivity index (χ3v) is 4.37. The highest BCUT2D eigenvalue weighted by Crippen LogP contribution is 2.27. The number of carbonyl (C=O) groups excluding carboxylic acids is 1. The number of carbonyl (C=O) groups is 2. The van der Waals surface area contributed by atoms with E-state index in [2.05, 4.69) is 5.32 Å². The minimum Gasteiger partial charge on any atom is -0.480 e. The van der Waals surface area contributed by atoms with E-state index < -0.39 is 17.4 Å². The molecular formula is C11H14ClNO3S. The van der Waals surface area contributed by atoms with E-state index in [0.717, 1.165) is 5.56 Å². The number of aliphatic carboxylic acids is 1. The first-order chi connectivity index (χ1) is 7.81. The van der Waals surface area contributed by atoms with Gasteiger partial charge < -0.3 is 10.4 Å². The van der Waals surface area contributed by atoms with Gasteiger partial charge in [-0.15, -0.1) is 11.3 Å². The quantitative estimate of drug-likeness (QED) is 0.888. The van der Waals surface area contributed by atoms with Crippen molar-refractivity contribution in [2.24, 2.45) is 0 Å². The Kier molecular flexibility index (Phi) is 4.16. The van der Waals surface area contributed by atoms with Gasteiger partial charge in [0.05, 0.1) is 5.02 Å². The SMILES string of the molecule is CCC(C)(NC(=O)c1scc(C)c1Cl)C(=O)O. The Morgan fingerprint density at radius 2 is 2.18 bits per heavy atom. The smallest absolute Gasteiger partial charge is 0.329 e. The molecule has 17 heavy (non-hydrogen) atoms. The minimum atomic E-state index is -1.27. The van der Waals surface area contributed by atoms with Crippen LogP contribution in [0.1, 0.15) is 35.5 Å². The molecule has 2 N–H and O–H groups in total. The van der Waals surface area contributed by atoms with Crippen molar-refractivity contribution in [1.82, 2.24) is 5.32 Å². The van der Waals surface area contributed by atoms with Crippen molar-refractivity contribution in [1.29, 1.82) is 0 Å². The van der Waals surface area contributed by atoms with E-state index in [1.165, 1.54) is 18.3 Å². The maximum absolute atomic E-state index is 11.9. The van der Waals surface area contributed by atoms with Gasteiger partial charge in [-0.3, -0.25) is 4.79 Å². The van der Waals surface area contributed by atoms with Crippen LogP contribution in [0.2, 0.25) is 5.02 Å². The van der Waals surface area contributed by atoms with E-state index in [-0.39, 0.29) is 0 Å². The van der Waals surface area contributed by atoms with Gasteiger partial charge in [0.15, 0.2) is 0 Å². The molecule has 6 heteroatoms. The Morgan fingerprint density at radius 1 is 1.59 bits per heavy atom. The van der Waals surface area contributed by atoms with E-state index in [4.69, 9.17) is 16.7 Å². The summed E-state index contributed by atoms with van der Waals surface area (Å²) in [5.41, 5.74) is -0.450. The average molecular weight is 276 g/mol. The van der Waals surface area contributed by atoms with E-state index >= 15 is 0 Å². The Morgan fingerprint density at radius 3 is 2.53 bits per heavy atom. The first kappa shape index (κ1) is 14.0. The number of rotatable bonds is 4. The number of carboxylic acids is 1. The molecule has 0 aliphatic carbocycles. The highest BCUT2D eigenvalue weighted by Gasteiger charge is 2.33. The summed E-state index contributed by atoms with van der Waals surface area (Å²) in [5, 5.41) is 13.7. The number of carboxylic acid groups (broad SMARTS) is 1. The number of nitrogens with one attached hydrogen (secondary N) is 1. The van der Waals surface area contributed by atoms with Crippen molar-refractivity contribution < 1.29 is 14.7 Å². The fourth-order valence-electron chi connectivity index (χ4n) is 1.18. The van der Waals surface area contributed by atoms with Crippen LogP contribution >= 0.6 is 22.9 Å². The highest BCUT2D eigenvalue weighted by molar-refractivity contribution is 7.13. The van der Waals surface area contributed by atoms with Crippen LogP contribution in [0.5, 0.6) is 0 Å². The van der Waals surface area contributed by atoms with Gasteiger partial charge in [0.1, 0.15) is 10.4 Å². The van der Waals surface area contributed by atoms with Gasteiger partial charge in [-0.2, -0.15) is 0 Å². The Hall–Kier alpha value is -1.07. The van der Waals surface area contributed by atoms with Gasteiger partial charge in [-0.05, 0) is 31.2 Å². The second-order valence-electron chi connectivity index (χ2n) is 4.01. The topological polar surface area (TPSA) is 66.4 Å². The summed E-state index contributed by atoms with van der Waals surface area (Å²) in [6.07, 6.45) is 0.302. The molecule has 1 aromatic rings. The second kappa shape index (κ2) is 5.06. The van der Waals surface area contributed by atoms with Crippen LogP contribution in [0.15, 0.2) is 5.38 Å². The lowest BCUT2D eigenvalue weighted by molar-refractivity contribution is -0.143. The first-order valence-electron chi connectivity index (χ1n) is 5.11. The molecule has 1 amide bonds. The second-order valence-corrected chi connectivity index (χ2v) is 5.26. The fourth-order valence-corrected chi connectivity index (χ4v) is 2.36. The van der Waals surface area contributed by atoms with Crippen LogP contribution in [-0.4, -0.2) is 22.5 Å². The van der Waals surface area contributed by atoms with E-state index in [9.17, 15) is 9.59 Å². The summed E-state index contributed by atoms with van der Waals surface area (Å²) in [6.45, 7) is 4.98. The third kappa shape index (κ3) is 2.79. The van der Waals surface area contributed by atoms with Crippen molar-refractivity contribution in [3.05, 3.63) is 20.8 Å². The number of amides is 1. The van der Waals surface area contributed by atoms with E-state index in [1.54, 1.807) is 19.2 Å². The van der Waals surface area contributed by atoms with Gasteiger partial charge in [-0.1, -0.05) is 18.5 Å². The lowest BCUT2D eigenvalue weighted by atomic mass is 9.99. The minimum absolute atomic E-state index is 0.302. The third-order valence-electron chi connectivity index (χ3n) is 2.67. The monoisotopic (exact) mass is 275 g/mol. The zero-order valence-electron chi connectivity index (χ0n) is 9.83. The molecule has 1 unspecified atom stereocenters. The van der Waals surface area contributed by atoms with Crippen LogP contribution in [0.25, 0.3) is 0 Å². The van der Waals surface area contributed by atoms with Crippen LogP contribution in [0.3, 0.4) is 0 Å². The van der Waals surface area contributed by atoms with Crippen LogP contribution in [0.4, 0.5) is 0 Å². The number of thiophene rings is 1. The number of hydrogen-bond acceptors (Lipinski definition) is 3. The summed E-state index contributed by atoms with van der Waals surface area (Å²) in [6, 6.07) is 0. The summed E-state index contributed by atoms with van der Waals surface area (Å²) >= 11 is 7.17. The molecule has 4 nitrogen and oxygen atoms in total. The molecule has 1 heterocycles. The van der Waals surface area contributed by atoms with Gasteiger partial charge >= 0.3 is 5.97 Å². The average Bonchev–Trinajstić information content (AvgIpc) is 2.59. The van der Waals surface area contributed by atoms with Crippen molar-refractivity contribution in [2.75, 3.05) is 0 Å². The Bertz CT molecular complexity index is 458. The van der Waals surface area contributed by atoms with Crippen LogP contribution < -0.4 is 5.32 Å². The Labute approximate surface area is 109 Å². The van der Waals surface area contributed by atoms with Crippen molar-refractivity contribution in [3.63, 3.8) is 0 Å². The molecule has 0 aliphatic heterocycles. The molecular weight excluding hydrogens is 262 g/mol. The van der Waals surface area contributed by atoms with Gasteiger partial charge in [0.2, 0.25) is 0 Å². The number of halogens is 1. The Balaban J connectivity index is 2.93. The lowest BCUT2D eigenvalue weighted by Crippen LogP contribution is -2.51. The molecule has 0 fully saturated rings. The predicted molar refractivity (Wildman–Crippen MR) is 67.9 cm³/mol. The van der Waals surface area contributed by atoms with Gasteiger partial charge in [0, 0.05) is 0 Å². The maximum Gasteiger partial charge on any atom is 0.329 e. The zero-order chi connectivity index (χ0) is 13.2. The van der Waals surface area contributed by atoms with E-state index in [0.29, 0.717) is 16.3 Å². The van der Waals surface area contributed by atoms with Crippen molar-refractivity contribution >= 4 is 34.8 Å². The zero-order valence-corrected chi connectivity index (χ0v) is 11.4. The molecule has 0 bridgehead atoms. The van der Waals surface area contributed by atoms with E-state index in [1.807, 2.05) is 0 Å². The largest absolute Gasteiger partial charge is 0.480 e. The maximum atomic E-state index is 11.9. The summed E-state index contributed by atoms with van der Waals surface area (Å²) in [7, 11) is 0. The molecule has 1 atom stereocenters. The molecule has 0 saturated heterocycles. The number of aryl methyl sites for hydroxylation is 1. The molecule has 1 rings (SSSR count). The molecule has 0 spiro atoms. The van der Waals surface area contributed by atoms with Crippen molar-refractivity contribution in [2.45, 2.75) is 32.7 Å².